The van der Waals surface area contributed by atoms with E-state index in [1.807, 2.05) is 0 Å². The smallest absolute Gasteiger partial charge is 0.240 e. The Kier molecular flexibility index (Phi) is 5.03. The van der Waals surface area contributed by atoms with Crippen molar-refractivity contribution in [2.75, 3.05) is 12.3 Å². The first-order valence-electron chi connectivity index (χ1n) is 5.37. The molecular formula is C12H15ClN2O2S. The van der Waals surface area contributed by atoms with Crippen LogP contribution >= 0.6 is 11.6 Å². The zero-order chi connectivity index (χ0) is 13.8. The molecule has 1 aromatic carbocycles. The number of nitrogens with one attached hydrogen (secondary N) is 1. The number of anilines is 1. The normalized spacial score (nSPS) is 11.2. The van der Waals surface area contributed by atoms with Gasteiger partial charge < -0.3 is 5.73 Å². The molecule has 0 fully saturated rings. The summed E-state index contributed by atoms with van der Waals surface area (Å²) in [5.74, 6) is 2.45. The van der Waals surface area contributed by atoms with Gasteiger partial charge in [0.05, 0.1) is 15.6 Å². The van der Waals surface area contributed by atoms with E-state index in [1.165, 1.54) is 12.1 Å². The molecule has 1 aromatic rings. The number of unbranched alkanes of at least 4 members (excludes halogenated alkanes) is 1. The second-order valence-corrected chi connectivity index (χ2v) is 5.99. The van der Waals surface area contributed by atoms with Crippen LogP contribution in [0.15, 0.2) is 17.0 Å². The number of nitrogens with two attached hydrogens (primary N) is 1. The molecule has 6 heteroatoms. The van der Waals surface area contributed by atoms with E-state index in [1.54, 1.807) is 6.92 Å². The average Bonchev–Trinajstić information content (AvgIpc) is 2.31. The topological polar surface area (TPSA) is 72.2 Å². The predicted molar refractivity (Wildman–Crippen MR) is 73.9 cm³/mol. The van der Waals surface area contributed by atoms with E-state index in [9.17, 15) is 8.42 Å². The molecule has 4 nitrogen and oxygen atoms in total. The maximum atomic E-state index is 11.9. The second kappa shape index (κ2) is 6.10. The van der Waals surface area contributed by atoms with Gasteiger partial charge in [0.25, 0.3) is 0 Å². The number of sulfonamides is 1. The van der Waals surface area contributed by atoms with Crippen LogP contribution in [0.3, 0.4) is 0 Å². The molecule has 0 amide bonds. The number of aryl methyl sites for hydroxylation is 1. The standard InChI is InChI=1S/C12H15ClN2O2S/c1-3-4-5-6-15-18(16,17)10-7-9(2)12(13)11(14)8-10/h1,7-8,15H,4-6,14H2,2H3. The van der Waals surface area contributed by atoms with Crippen LogP contribution in [0.1, 0.15) is 18.4 Å². The molecule has 0 aliphatic rings. The van der Waals surface area contributed by atoms with Crippen molar-refractivity contribution < 1.29 is 8.42 Å². The third-order valence-electron chi connectivity index (χ3n) is 2.36. The van der Waals surface area contributed by atoms with Crippen LogP contribution in [-0.4, -0.2) is 15.0 Å². The molecule has 0 radical (unpaired) electrons. The van der Waals surface area contributed by atoms with Crippen LogP contribution in [0, 0.1) is 19.3 Å². The Labute approximate surface area is 113 Å². The second-order valence-electron chi connectivity index (χ2n) is 3.85. The van der Waals surface area contributed by atoms with E-state index in [4.69, 9.17) is 23.8 Å². The average molecular weight is 287 g/mol. The van der Waals surface area contributed by atoms with E-state index in [0.29, 0.717) is 30.0 Å². The van der Waals surface area contributed by atoms with Gasteiger partial charge in [-0.15, -0.1) is 12.3 Å². The first-order chi connectivity index (χ1) is 8.38. The SMILES string of the molecule is C#CCCCNS(=O)(=O)c1cc(C)c(Cl)c(N)c1. The molecule has 0 unspecified atom stereocenters. The third-order valence-corrected chi connectivity index (χ3v) is 4.31. The molecule has 0 bridgehead atoms. The van der Waals surface area contributed by atoms with Crippen molar-refractivity contribution in [2.45, 2.75) is 24.7 Å². The van der Waals surface area contributed by atoms with E-state index in [2.05, 4.69) is 10.6 Å². The summed E-state index contributed by atoms with van der Waals surface area (Å²) in [6.07, 6.45) is 6.21. The lowest BCUT2D eigenvalue weighted by Gasteiger charge is -2.09. The molecule has 18 heavy (non-hydrogen) atoms. The zero-order valence-corrected chi connectivity index (χ0v) is 11.6. The highest BCUT2D eigenvalue weighted by atomic mass is 35.5. The van der Waals surface area contributed by atoms with Crippen molar-refractivity contribution in [2.24, 2.45) is 0 Å². The highest BCUT2D eigenvalue weighted by Crippen LogP contribution is 2.26. The number of nitrogen functional groups attached to an aromatic ring is 1. The molecule has 1 rings (SSSR count). The van der Waals surface area contributed by atoms with Crippen LogP contribution in [0.25, 0.3) is 0 Å². The van der Waals surface area contributed by atoms with Gasteiger partial charge in [-0.2, -0.15) is 0 Å². The number of halogens is 1. The summed E-state index contributed by atoms with van der Waals surface area (Å²) >= 11 is 5.88. The van der Waals surface area contributed by atoms with Gasteiger partial charge in [-0.3, -0.25) is 0 Å². The molecule has 0 saturated heterocycles. The van der Waals surface area contributed by atoms with Gasteiger partial charge in [-0.1, -0.05) is 11.6 Å². The molecule has 0 spiro atoms. The highest BCUT2D eigenvalue weighted by Gasteiger charge is 2.16. The van der Waals surface area contributed by atoms with Gasteiger partial charge in [-0.25, -0.2) is 13.1 Å². The van der Waals surface area contributed by atoms with Crippen molar-refractivity contribution >= 4 is 27.3 Å². The first kappa shape index (κ1) is 14.8. The van der Waals surface area contributed by atoms with Crippen molar-refractivity contribution in [3.63, 3.8) is 0 Å². The maximum absolute atomic E-state index is 11.9. The monoisotopic (exact) mass is 286 g/mol. The fraction of sp³-hybridized carbons (Fsp3) is 0.333. The molecule has 0 heterocycles. The summed E-state index contributed by atoms with van der Waals surface area (Å²) in [7, 11) is -3.56. The van der Waals surface area contributed by atoms with Gasteiger partial charge in [0.15, 0.2) is 0 Å². The predicted octanol–water partition coefficient (Wildman–Crippen LogP) is 1.92. The van der Waals surface area contributed by atoms with Crippen LogP contribution in [0.4, 0.5) is 5.69 Å². The van der Waals surface area contributed by atoms with Gasteiger partial charge >= 0.3 is 0 Å². The lowest BCUT2D eigenvalue weighted by atomic mass is 10.2. The number of benzene rings is 1. The first-order valence-corrected chi connectivity index (χ1v) is 7.23. The summed E-state index contributed by atoms with van der Waals surface area (Å²) in [5.41, 5.74) is 6.52. The largest absolute Gasteiger partial charge is 0.397 e. The maximum Gasteiger partial charge on any atom is 0.240 e. The lowest BCUT2D eigenvalue weighted by molar-refractivity contribution is 0.579. The Hall–Kier alpha value is -1.22. The minimum absolute atomic E-state index is 0.114. The van der Waals surface area contributed by atoms with Crippen molar-refractivity contribution in [3.05, 3.63) is 22.7 Å². The number of hydrogen-bond donors (Lipinski definition) is 2. The van der Waals surface area contributed by atoms with Gasteiger partial charge in [0.2, 0.25) is 10.0 Å². The Balaban J connectivity index is 2.89. The number of terminal acetylenes is 1. The van der Waals surface area contributed by atoms with Gasteiger partial charge in [0.1, 0.15) is 0 Å². The van der Waals surface area contributed by atoms with Gasteiger partial charge in [-0.05, 0) is 31.0 Å². The Morgan fingerprint density at radius 1 is 1.50 bits per heavy atom. The lowest BCUT2D eigenvalue weighted by Crippen LogP contribution is -2.25. The number of hydrogen-bond acceptors (Lipinski definition) is 3. The highest BCUT2D eigenvalue weighted by molar-refractivity contribution is 7.89. The van der Waals surface area contributed by atoms with E-state index in [0.717, 1.165) is 0 Å². The van der Waals surface area contributed by atoms with Crippen LogP contribution in [0.2, 0.25) is 5.02 Å². The summed E-state index contributed by atoms with van der Waals surface area (Å²) in [6, 6.07) is 2.83. The molecule has 3 N–H and O–H groups in total. The minimum atomic E-state index is -3.56. The Morgan fingerprint density at radius 2 is 2.17 bits per heavy atom. The zero-order valence-electron chi connectivity index (χ0n) is 10.0. The fourth-order valence-corrected chi connectivity index (χ4v) is 2.70. The molecule has 0 atom stereocenters. The van der Waals surface area contributed by atoms with E-state index >= 15 is 0 Å². The molecule has 0 aromatic heterocycles. The number of rotatable bonds is 5. The summed E-state index contributed by atoms with van der Waals surface area (Å²) in [5, 5.41) is 0.376. The Bertz CT molecular complexity index is 553. The van der Waals surface area contributed by atoms with Crippen LogP contribution in [0.5, 0.6) is 0 Å². The molecule has 0 saturated carbocycles. The summed E-state index contributed by atoms with van der Waals surface area (Å²) in [6.45, 7) is 2.00. The van der Waals surface area contributed by atoms with E-state index < -0.39 is 10.0 Å². The van der Waals surface area contributed by atoms with Gasteiger partial charge in [0, 0.05) is 13.0 Å². The molecule has 0 aliphatic heterocycles. The van der Waals surface area contributed by atoms with Crippen molar-refractivity contribution in [3.8, 4) is 12.3 Å². The minimum Gasteiger partial charge on any atom is -0.397 e. The fourth-order valence-electron chi connectivity index (χ4n) is 1.40. The Morgan fingerprint density at radius 3 is 2.72 bits per heavy atom. The van der Waals surface area contributed by atoms with Crippen molar-refractivity contribution in [1.82, 2.24) is 4.72 Å². The van der Waals surface area contributed by atoms with Crippen LogP contribution in [-0.2, 0) is 10.0 Å². The van der Waals surface area contributed by atoms with Crippen LogP contribution < -0.4 is 10.5 Å². The van der Waals surface area contributed by atoms with Crippen molar-refractivity contribution in [1.29, 1.82) is 0 Å². The third kappa shape index (κ3) is 3.64. The molecule has 0 aliphatic carbocycles. The summed E-state index contributed by atoms with van der Waals surface area (Å²) < 4.78 is 26.4. The quantitative estimate of drug-likeness (QED) is 0.493. The molecular weight excluding hydrogens is 272 g/mol. The summed E-state index contributed by atoms with van der Waals surface area (Å²) in [4.78, 5) is 0.114. The van der Waals surface area contributed by atoms with E-state index in [-0.39, 0.29) is 10.6 Å². The molecule has 98 valence electrons.